The Hall–Kier alpha value is -0.120. The van der Waals surface area contributed by atoms with E-state index in [1.807, 2.05) is 0 Å². The molecule has 0 radical (unpaired) electrons. The van der Waals surface area contributed by atoms with Gasteiger partial charge in [0.25, 0.3) is 0 Å². The van der Waals surface area contributed by atoms with E-state index in [0.29, 0.717) is 6.04 Å². The molecule has 1 aliphatic heterocycles. The van der Waals surface area contributed by atoms with E-state index in [9.17, 15) is 0 Å². The van der Waals surface area contributed by atoms with Gasteiger partial charge in [0.05, 0.1) is 0 Å². The van der Waals surface area contributed by atoms with Crippen molar-refractivity contribution in [1.29, 1.82) is 0 Å². The van der Waals surface area contributed by atoms with E-state index < -0.39 is 0 Å². The minimum Gasteiger partial charge on any atom is -0.382 e. The summed E-state index contributed by atoms with van der Waals surface area (Å²) in [6.07, 6.45) is 11.1. The molecule has 2 aliphatic rings. The second-order valence-corrected chi connectivity index (χ2v) is 6.90. The molecule has 0 amide bonds. The number of nitrogens with zero attached hydrogens (tertiary/aromatic N) is 1. The Balaban J connectivity index is 1.85. The lowest BCUT2D eigenvalue weighted by Gasteiger charge is -2.45. The van der Waals surface area contributed by atoms with Gasteiger partial charge in [-0.25, -0.2) is 0 Å². The first-order valence-electron chi connectivity index (χ1n) is 9.40. The molecule has 1 aliphatic carbocycles. The van der Waals surface area contributed by atoms with Gasteiger partial charge >= 0.3 is 0 Å². The lowest BCUT2D eigenvalue weighted by Crippen LogP contribution is -2.59. The fraction of sp³-hybridized carbons (Fsp3) is 1.00. The first kappa shape index (κ1) is 17.2. The summed E-state index contributed by atoms with van der Waals surface area (Å²) < 4.78 is 5.54. The van der Waals surface area contributed by atoms with E-state index in [1.54, 1.807) is 0 Å². The predicted octanol–water partition coefficient (Wildman–Crippen LogP) is 3.44. The summed E-state index contributed by atoms with van der Waals surface area (Å²) in [6, 6.07) is 1.49. The van der Waals surface area contributed by atoms with Crippen molar-refractivity contribution in [1.82, 2.24) is 10.2 Å². The highest BCUT2D eigenvalue weighted by molar-refractivity contribution is 4.90. The molecule has 0 spiro atoms. The normalized spacial score (nSPS) is 28.9. The van der Waals surface area contributed by atoms with Crippen molar-refractivity contribution in [3.63, 3.8) is 0 Å². The minimum atomic E-state index is 0.710. The summed E-state index contributed by atoms with van der Waals surface area (Å²) in [4.78, 5) is 2.80. The van der Waals surface area contributed by atoms with Crippen LogP contribution in [0.25, 0.3) is 0 Å². The third-order valence-electron chi connectivity index (χ3n) is 5.31. The Kier molecular flexibility index (Phi) is 8.05. The molecule has 2 atom stereocenters. The molecule has 124 valence electrons. The van der Waals surface area contributed by atoms with Crippen LogP contribution in [-0.4, -0.2) is 49.8 Å². The Morgan fingerprint density at radius 1 is 1.14 bits per heavy atom. The molecule has 2 fully saturated rings. The molecule has 1 N–H and O–H groups in total. The molecule has 0 aromatic heterocycles. The maximum Gasteiger partial charge on any atom is 0.0478 e. The van der Waals surface area contributed by atoms with Crippen LogP contribution in [0.5, 0.6) is 0 Å². The zero-order chi connectivity index (χ0) is 14.9. The first-order chi connectivity index (χ1) is 10.3. The van der Waals surface area contributed by atoms with E-state index in [4.69, 9.17) is 4.74 Å². The van der Waals surface area contributed by atoms with Crippen LogP contribution >= 0.6 is 0 Å². The second kappa shape index (κ2) is 9.81. The van der Waals surface area contributed by atoms with E-state index >= 15 is 0 Å². The van der Waals surface area contributed by atoms with Crippen molar-refractivity contribution >= 4 is 0 Å². The summed E-state index contributed by atoms with van der Waals surface area (Å²) in [5.74, 6) is 0.931. The summed E-state index contributed by atoms with van der Waals surface area (Å²) in [5.41, 5.74) is 0. The summed E-state index contributed by atoms with van der Waals surface area (Å²) >= 11 is 0. The number of nitrogens with one attached hydrogen (secondary N) is 1. The molecule has 1 saturated heterocycles. The number of rotatable bonds is 8. The van der Waals surface area contributed by atoms with Gasteiger partial charge in [0.15, 0.2) is 0 Å². The van der Waals surface area contributed by atoms with Crippen LogP contribution in [0, 0.1) is 5.92 Å². The zero-order valence-electron chi connectivity index (χ0n) is 14.3. The van der Waals surface area contributed by atoms with E-state index in [-0.39, 0.29) is 0 Å². The smallest absolute Gasteiger partial charge is 0.0478 e. The fourth-order valence-corrected chi connectivity index (χ4v) is 4.20. The largest absolute Gasteiger partial charge is 0.382 e. The third kappa shape index (κ3) is 5.54. The molecule has 3 heteroatoms. The predicted molar refractivity (Wildman–Crippen MR) is 89.7 cm³/mol. The van der Waals surface area contributed by atoms with Crippen molar-refractivity contribution in [3.8, 4) is 0 Å². The molecular weight excluding hydrogens is 260 g/mol. The lowest BCUT2D eigenvalue weighted by atomic mass is 9.82. The van der Waals surface area contributed by atoms with Gasteiger partial charge in [0.1, 0.15) is 0 Å². The quantitative estimate of drug-likeness (QED) is 0.695. The van der Waals surface area contributed by atoms with Crippen LogP contribution < -0.4 is 5.32 Å². The molecular formula is C18H36N2O. The molecule has 1 heterocycles. The van der Waals surface area contributed by atoms with Gasteiger partial charge in [-0.05, 0) is 38.5 Å². The van der Waals surface area contributed by atoms with Crippen molar-refractivity contribution in [3.05, 3.63) is 0 Å². The van der Waals surface area contributed by atoms with Gasteiger partial charge in [-0.15, -0.1) is 0 Å². The molecule has 0 aromatic carbocycles. The highest BCUT2D eigenvalue weighted by Gasteiger charge is 2.33. The molecule has 21 heavy (non-hydrogen) atoms. The van der Waals surface area contributed by atoms with Gasteiger partial charge in [-0.3, -0.25) is 4.90 Å². The Bertz CT molecular complexity index is 266. The monoisotopic (exact) mass is 296 g/mol. The van der Waals surface area contributed by atoms with Crippen LogP contribution in [-0.2, 0) is 4.74 Å². The van der Waals surface area contributed by atoms with E-state index in [2.05, 4.69) is 24.1 Å². The SMILES string of the molecule is CCCC1CN(CCCOCC)C(C2CCCCC2)CN1. The van der Waals surface area contributed by atoms with Crippen molar-refractivity contribution in [2.75, 3.05) is 32.8 Å². The van der Waals surface area contributed by atoms with Gasteiger partial charge in [-0.2, -0.15) is 0 Å². The van der Waals surface area contributed by atoms with E-state index in [0.717, 1.165) is 25.2 Å². The van der Waals surface area contributed by atoms with Crippen molar-refractivity contribution in [2.24, 2.45) is 5.92 Å². The average molecular weight is 296 g/mol. The van der Waals surface area contributed by atoms with Gasteiger partial charge in [0.2, 0.25) is 0 Å². The van der Waals surface area contributed by atoms with Crippen LogP contribution in [0.1, 0.15) is 65.2 Å². The highest BCUT2D eigenvalue weighted by atomic mass is 16.5. The first-order valence-corrected chi connectivity index (χ1v) is 9.40. The topological polar surface area (TPSA) is 24.5 Å². The van der Waals surface area contributed by atoms with E-state index in [1.165, 1.54) is 71.0 Å². The highest BCUT2D eigenvalue weighted by Crippen LogP contribution is 2.30. The third-order valence-corrected chi connectivity index (χ3v) is 5.31. The fourth-order valence-electron chi connectivity index (χ4n) is 4.20. The lowest BCUT2D eigenvalue weighted by molar-refractivity contribution is 0.0570. The standard InChI is InChI=1S/C18H36N2O/c1-3-9-17-15-20(12-8-13-21-4-2)18(14-19-17)16-10-6-5-7-11-16/h16-19H,3-15H2,1-2H3. The Morgan fingerprint density at radius 3 is 2.67 bits per heavy atom. The Morgan fingerprint density at radius 2 is 1.95 bits per heavy atom. The second-order valence-electron chi connectivity index (χ2n) is 6.90. The average Bonchev–Trinajstić information content (AvgIpc) is 2.53. The van der Waals surface area contributed by atoms with Crippen molar-refractivity contribution < 1.29 is 4.74 Å². The number of hydrogen-bond donors (Lipinski definition) is 1. The van der Waals surface area contributed by atoms with Gasteiger partial charge < -0.3 is 10.1 Å². The molecule has 3 nitrogen and oxygen atoms in total. The number of hydrogen-bond acceptors (Lipinski definition) is 3. The molecule has 2 rings (SSSR count). The van der Waals surface area contributed by atoms with Crippen LogP contribution in [0.2, 0.25) is 0 Å². The molecule has 0 bridgehead atoms. The zero-order valence-corrected chi connectivity index (χ0v) is 14.3. The maximum atomic E-state index is 5.54. The number of ether oxygens (including phenoxy) is 1. The van der Waals surface area contributed by atoms with Crippen LogP contribution in [0.15, 0.2) is 0 Å². The summed E-state index contributed by atoms with van der Waals surface area (Å²) in [5, 5.41) is 3.83. The van der Waals surface area contributed by atoms with Crippen LogP contribution in [0.4, 0.5) is 0 Å². The van der Waals surface area contributed by atoms with Gasteiger partial charge in [-0.1, -0.05) is 32.6 Å². The van der Waals surface area contributed by atoms with Gasteiger partial charge in [0, 0.05) is 44.9 Å². The molecule has 1 saturated carbocycles. The summed E-state index contributed by atoms with van der Waals surface area (Å²) in [7, 11) is 0. The Labute approximate surface area is 131 Å². The van der Waals surface area contributed by atoms with Crippen LogP contribution in [0.3, 0.4) is 0 Å². The number of piperazine rings is 1. The molecule has 2 unspecified atom stereocenters. The summed E-state index contributed by atoms with van der Waals surface area (Å²) in [6.45, 7) is 9.86. The van der Waals surface area contributed by atoms with Crippen molar-refractivity contribution in [2.45, 2.75) is 77.3 Å². The molecule has 0 aromatic rings. The minimum absolute atomic E-state index is 0.710. The maximum absolute atomic E-state index is 5.54.